The molecule has 4 aromatic rings. The van der Waals surface area contributed by atoms with E-state index in [-0.39, 0.29) is 30.5 Å². The van der Waals surface area contributed by atoms with E-state index in [2.05, 4.69) is 25.3 Å². The van der Waals surface area contributed by atoms with E-state index in [1.54, 1.807) is 10.8 Å². The lowest BCUT2D eigenvalue weighted by molar-refractivity contribution is 0.753. The molecule has 0 spiro atoms. The number of halogens is 2. The first-order valence-corrected chi connectivity index (χ1v) is 8.27. The maximum atomic E-state index is 12.0. The number of nitrogens with one attached hydrogen (secondary N) is 2. The molecule has 3 heterocycles. The Morgan fingerprint density at radius 3 is 2.74 bits per heavy atom. The lowest BCUT2D eigenvalue weighted by Gasteiger charge is -2.08. The van der Waals surface area contributed by atoms with E-state index in [1.165, 1.54) is 6.33 Å². The smallest absolute Gasteiger partial charge is 0.326 e. The summed E-state index contributed by atoms with van der Waals surface area (Å²) in [7, 11) is 0. The summed E-state index contributed by atoms with van der Waals surface area (Å²) in [6.45, 7) is 3.28. The van der Waals surface area contributed by atoms with Crippen LogP contribution in [0.15, 0.2) is 47.7 Å². The fourth-order valence-electron chi connectivity index (χ4n) is 3.02. The first-order chi connectivity index (χ1) is 12.3. The molecular formula is C18H20Cl2N6O. The Bertz CT molecular complexity index is 1090. The fraction of sp³-hybridized carbons (Fsp3) is 0.222. The summed E-state index contributed by atoms with van der Waals surface area (Å²) in [5.74, 6) is 0.757. The van der Waals surface area contributed by atoms with Gasteiger partial charge in [-0.15, -0.1) is 24.8 Å². The van der Waals surface area contributed by atoms with Gasteiger partial charge in [-0.25, -0.2) is 14.8 Å². The summed E-state index contributed by atoms with van der Waals surface area (Å²) in [4.78, 5) is 27.9. The van der Waals surface area contributed by atoms with Crippen molar-refractivity contribution >= 4 is 52.6 Å². The number of hydrogen-bond donors (Lipinski definition) is 2. The van der Waals surface area contributed by atoms with Gasteiger partial charge >= 0.3 is 5.69 Å². The topological polar surface area (TPSA) is 88.5 Å². The first-order valence-electron chi connectivity index (χ1n) is 8.27. The number of nitrogens with zero attached hydrogens (tertiary/aromatic N) is 4. The summed E-state index contributed by atoms with van der Waals surface area (Å²) >= 11 is 0. The lowest BCUT2D eigenvalue weighted by atomic mass is 10.2. The molecule has 0 aliphatic heterocycles. The second-order valence-corrected chi connectivity index (χ2v) is 5.78. The van der Waals surface area contributed by atoms with Gasteiger partial charge in [0.15, 0.2) is 0 Å². The highest BCUT2D eigenvalue weighted by Gasteiger charge is 2.10. The van der Waals surface area contributed by atoms with Gasteiger partial charge in [0.25, 0.3) is 0 Å². The van der Waals surface area contributed by atoms with Crippen LogP contribution in [0.1, 0.15) is 12.6 Å². The van der Waals surface area contributed by atoms with E-state index in [0.717, 1.165) is 39.9 Å². The van der Waals surface area contributed by atoms with Gasteiger partial charge in [0.05, 0.1) is 16.6 Å². The van der Waals surface area contributed by atoms with Gasteiger partial charge < -0.3 is 10.3 Å². The highest BCUT2D eigenvalue weighted by atomic mass is 35.5. The Hall–Kier alpha value is -2.64. The van der Waals surface area contributed by atoms with Gasteiger partial charge in [-0.05, 0) is 31.2 Å². The van der Waals surface area contributed by atoms with Gasteiger partial charge in [0.2, 0.25) is 0 Å². The van der Waals surface area contributed by atoms with Gasteiger partial charge in [0.1, 0.15) is 12.1 Å². The van der Waals surface area contributed by atoms with Crippen LogP contribution in [-0.2, 0) is 13.0 Å². The number of pyridine rings is 1. The zero-order valence-corrected chi connectivity index (χ0v) is 16.3. The quantitative estimate of drug-likeness (QED) is 0.531. The van der Waals surface area contributed by atoms with Crippen molar-refractivity contribution in [3.05, 3.63) is 59.0 Å². The summed E-state index contributed by atoms with van der Waals surface area (Å²) < 4.78 is 1.70. The predicted octanol–water partition coefficient (Wildman–Crippen LogP) is 3.19. The molecule has 3 aromatic heterocycles. The average molecular weight is 407 g/mol. The fourth-order valence-corrected chi connectivity index (χ4v) is 3.02. The van der Waals surface area contributed by atoms with E-state index in [0.29, 0.717) is 13.1 Å². The molecule has 2 N–H and O–H groups in total. The zero-order valence-electron chi connectivity index (χ0n) is 14.7. The Kier molecular flexibility index (Phi) is 6.76. The minimum Gasteiger partial charge on any atom is -0.369 e. The minimum absolute atomic E-state index is 0. The summed E-state index contributed by atoms with van der Waals surface area (Å²) in [5, 5.41) is 4.24. The van der Waals surface area contributed by atoms with Crippen LogP contribution in [0.2, 0.25) is 0 Å². The number of aromatic nitrogens is 5. The van der Waals surface area contributed by atoms with Crippen LogP contribution in [0.5, 0.6) is 0 Å². The number of anilines is 1. The highest BCUT2D eigenvalue weighted by Crippen LogP contribution is 2.24. The normalized spacial score (nSPS) is 10.4. The molecular weight excluding hydrogens is 387 g/mol. The summed E-state index contributed by atoms with van der Waals surface area (Å²) in [5.41, 5.74) is 3.38. The van der Waals surface area contributed by atoms with Crippen molar-refractivity contribution < 1.29 is 0 Å². The predicted molar refractivity (Wildman–Crippen MR) is 112 cm³/mol. The maximum Gasteiger partial charge on any atom is 0.326 e. The molecule has 0 radical (unpaired) electrons. The monoisotopic (exact) mass is 406 g/mol. The van der Waals surface area contributed by atoms with Crippen molar-refractivity contribution in [2.24, 2.45) is 0 Å². The molecule has 0 aliphatic rings. The largest absolute Gasteiger partial charge is 0.369 e. The molecule has 142 valence electrons. The van der Waals surface area contributed by atoms with E-state index < -0.39 is 0 Å². The summed E-state index contributed by atoms with van der Waals surface area (Å²) in [6.07, 6.45) is 4.14. The van der Waals surface area contributed by atoms with Gasteiger partial charge in [-0.1, -0.05) is 6.07 Å². The second-order valence-electron chi connectivity index (χ2n) is 5.78. The standard InChI is InChI=1S/C18H18N6O.2ClH/c1-2-24-16-10-14-13(9-15(16)23-18(24)25)17(22-11-21-14)20-8-6-12-5-3-4-7-19-12;;/h3-5,7,9-11H,2,6,8H2,1H3,(H,23,25)(H,20,21,22);2*1H. The van der Waals surface area contributed by atoms with Crippen molar-refractivity contribution in [2.75, 3.05) is 11.9 Å². The van der Waals surface area contributed by atoms with E-state index in [9.17, 15) is 4.79 Å². The van der Waals surface area contributed by atoms with Crippen molar-refractivity contribution in [2.45, 2.75) is 19.9 Å². The van der Waals surface area contributed by atoms with Crippen molar-refractivity contribution in [1.82, 2.24) is 24.5 Å². The molecule has 0 saturated heterocycles. The molecule has 27 heavy (non-hydrogen) atoms. The number of aryl methyl sites for hydroxylation is 1. The third kappa shape index (κ3) is 4.04. The Balaban J connectivity index is 0.00000131. The number of H-pyrrole nitrogens is 1. The lowest BCUT2D eigenvalue weighted by Crippen LogP contribution is -2.14. The van der Waals surface area contributed by atoms with Crippen LogP contribution in [0.3, 0.4) is 0 Å². The van der Waals surface area contributed by atoms with Crippen molar-refractivity contribution in [3.63, 3.8) is 0 Å². The van der Waals surface area contributed by atoms with Gasteiger partial charge in [-0.3, -0.25) is 9.55 Å². The Labute approximate surface area is 168 Å². The number of hydrogen-bond acceptors (Lipinski definition) is 5. The molecule has 0 bridgehead atoms. The molecule has 9 heteroatoms. The van der Waals surface area contributed by atoms with Crippen LogP contribution in [0.4, 0.5) is 5.82 Å². The molecule has 0 unspecified atom stereocenters. The third-order valence-corrected chi connectivity index (χ3v) is 4.25. The number of imidazole rings is 1. The zero-order chi connectivity index (χ0) is 17.2. The van der Waals surface area contributed by atoms with Gasteiger partial charge in [-0.2, -0.15) is 0 Å². The Morgan fingerprint density at radius 1 is 1.15 bits per heavy atom. The van der Waals surface area contributed by atoms with Crippen LogP contribution < -0.4 is 11.0 Å². The van der Waals surface area contributed by atoms with Crippen LogP contribution >= 0.6 is 24.8 Å². The van der Waals surface area contributed by atoms with Crippen LogP contribution in [-0.4, -0.2) is 31.0 Å². The highest BCUT2D eigenvalue weighted by molar-refractivity contribution is 5.98. The molecule has 1 aromatic carbocycles. The van der Waals surface area contributed by atoms with E-state index >= 15 is 0 Å². The molecule has 0 fully saturated rings. The van der Waals surface area contributed by atoms with Gasteiger partial charge in [0, 0.05) is 36.8 Å². The van der Waals surface area contributed by atoms with E-state index in [4.69, 9.17) is 0 Å². The van der Waals surface area contributed by atoms with Crippen molar-refractivity contribution in [1.29, 1.82) is 0 Å². The SMILES string of the molecule is CCn1c(=O)[nH]c2cc3c(NCCc4ccccn4)ncnc3cc21.Cl.Cl. The Morgan fingerprint density at radius 2 is 2.00 bits per heavy atom. The second kappa shape index (κ2) is 8.83. The molecule has 4 rings (SSSR count). The number of rotatable bonds is 5. The third-order valence-electron chi connectivity index (χ3n) is 4.25. The van der Waals surface area contributed by atoms with Crippen molar-refractivity contribution in [3.8, 4) is 0 Å². The molecule has 0 saturated carbocycles. The first kappa shape index (κ1) is 20.7. The molecule has 0 amide bonds. The number of aromatic amines is 1. The molecule has 0 atom stereocenters. The molecule has 0 aliphatic carbocycles. The van der Waals surface area contributed by atoms with Crippen LogP contribution in [0.25, 0.3) is 21.9 Å². The van der Waals surface area contributed by atoms with Crippen LogP contribution in [0, 0.1) is 0 Å². The number of fused-ring (bicyclic) bond motifs is 2. The molecule has 7 nitrogen and oxygen atoms in total. The summed E-state index contributed by atoms with van der Waals surface area (Å²) in [6, 6.07) is 9.75. The maximum absolute atomic E-state index is 12.0. The minimum atomic E-state index is -0.106. The van der Waals surface area contributed by atoms with E-state index in [1.807, 2.05) is 37.3 Å². The average Bonchev–Trinajstić information content (AvgIpc) is 2.95. The number of benzene rings is 1.